The number of hydrogen-bond acceptors (Lipinski definition) is 2. The lowest BCUT2D eigenvalue weighted by Crippen LogP contribution is -2.50. The number of rotatable bonds is 3. The van der Waals surface area contributed by atoms with E-state index in [9.17, 15) is 0 Å². The molecule has 114 valence electrons. The average Bonchev–Trinajstić information content (AvgIpc) is 2.53. The molecular formula is C16H26N3SSi+. The highest BCUT2D eigenvalue weighted by atomic mass is 32.1. The van der Waals surface area contributed by atoms with Crippen LogP contribution in [-0.4, -0.2) is 43.8 Å². The molecule has 5 heteroatoms. The average molecular weight is 321 g/mol. The number of nitrogens with zero attached hydrogens (tertiary/aromatic N) is 2. The van der Waals surface area contributed by atoms with Crippen molar-refractivity contribution in [3.05, 3.63) is 40.8 Å². The van der Waals surface area contributed by atoms with Crippen molar-refractivity contribution >= 4 is 31.0 Å². The van der Waals surface area contributed by atoms with Gasteiger partial charge in [-0.1, -0.05) is 49.6 Å². The standard InChI is InChI=1S/C16H25N3SSi/c1-12-8-10-13(11-9-12)17-15-14(21(5,6)7)16(20)18(2)19(15,3)4/h8-11H,1-7H3/p+1. The molecule has 0 saturated heterocycles. The van der Waals surface area contributed by atoms with Crippen molar-refractivity contribution in [2.45, 2.75) is 26.6 Å². The van der Waals surface area contributed by atoms with Crippen molar-refractivity contribution in [1.29, 1.82) is 0 Å². The minimum atomic E-state index is -1.53. The molecule has 0 radical (unpaired) electrons. The van der Waals surface area contributed by atoms with Gasteiger partial charge in [0, 0.05) is 5.69 Å². The zero-order valence-corrected chi connectivity index (χ0v) is 15.9. The highest BCUT2D eigenvalue weighted by Gasteiger charge is 2.47. The zero-order chi connectivity index (χ0) is 16.0. The summed E-state index contributed by atoms with van der Waals surface area (Å²) in [5.74, 6) is 1.21. The Morgan fingerprint density at radius 2 is 1.62 bits per heavy atom. The van der Waals surface area contributed by atoms with Gasteiger partial charge in [-0.2, -0.15) is 4.59 Å². The number of anilines is 1. The first-order valence-corrected chi connectivity index (χ1v) is 11.2. The molecule has 1 aliphatic rings. The number of hydrogen-bond donors (Lipinski definition) is 1. The van der Waals surface area contributed by atoms with Crippen LogP contribution in [0.25, 0.3) is 0 Å². The van der Waals surface area contributed by atoms with Crippen molar-refractivity contribution < 1.29 is 4.59 Å². The lowest BCUT2D eigenvalue weighted by Gasteiger charge is -2.33. The summed E-state index contributed by atoms with van der Waals surface area (Å²) in [5, 5.41) is 7.15. The largest absolute Gasteiger partial charge is 0.309 e. The van der Waals surface area contributed by atoms with Gasteiger partial charge < -0.3 is 5.32 Å². The normalized spacial score (nSPS) is 18.4. The predicted octanol–water partition coefficient (Wildman–Crippen LogP) is 3.76. The van der Waals surface area contributed by atoms with Crippen molar-refractivity contribution in [2.75, 3.05) is 26.5 Å². The molecule has 1 heterocycles. The van der Waals surface area contributed by atoms with E-state index in [4.69, 9.17) is 12.2 Å². The smallest absolute Gasteiger partial charge is 0.232 e. The molecule has 0 saturated carbocycles. The van der Waals surface area contributed by atoms with E-state index >= 15 is 0 Å². The van der Waals surface area contributed by atoms with Crippen LogP contribution >= 0.6 is 12.2 Å². The maximum atomic E-state index is 5.72. The summed E-state index contributed by atoms with van der Waals surface area (Å²) in [4.78, 5) is 0.980. The van der Waals surface area contributed by atoms with E-state index in [1.165, 1.54) is 16.6 Å². The Labute approximate surface area is 134 Å². The van der Waals surface area contributed by atoms with E-state index in [2.05, 4.69) is 82.3 Å². The maximum Gasteiger partial charge on any atom is 0.232 e. The van der Waals surface area contributed by atoms with Gasteiger partial charge in [-0.05, 0) is 19.1 Å². The first kappa shape index (κ1) is 16.2. The topological polar surface area (TPSA) is 15.3 Å². The molecular weight excluding hydrogens is 294 g/mol. The van der Waals surface area contributed by atoms with Crippen molar-refractivity contribution in [3.63, 3.8) is 0 Å². The Balaban J connectivity index is 2.51. The number of nitrogens with one attached hydrogen (secondary N) is 1. The van der Waals surface area contributed by atoms with Gasteiger partial charge in [0.15, 0.2) is 4.99 Å². The summed E-state index contributed by atoms with van der Waals surface area (Å²) < 4.78 is 0.645. The molecule has 0 spiro atoms. The van der Waals surface area contributed by atoms with Gasteiger partial charge in [-0.3, -0.25) is 0 Å². The third-order valence-corrected chi connectivity index (χ3v) is 6.73. The molecule has 0 amide bonds. The number of aryl methyl sites for hydroxylation is 1. The lowest BCUT2D eigenvalue weighted by molar-refractivity contribution is -0.946. The predicted molar refractivity (Wildman–Crippen MR) is 97.6 cm³/mol. The highest BCUT2D eigenvalue weighted by Crippen LogP contribution is 2.35. The van der Waals surface area contributed by atoms with Crippen LogP contribution in [-0.2, 0) is 0 Å². The summed E-state index contributed by atoms with van der Waals surface area (Å²) in [6.07, 6.45) is 0. The first-order valence-electron chi connectivity index (χ1n) is 7.26. The Bertz CT molecular complexity index is 597. The molecule has 1 N–H and O–H groups in total. The molecule has 0 bridgehead atoms. The molecule has 3 nitrogen and oxygen atoms in total. The van der Waals surface area contributed by atoms with Crippen LogP contribution in [0, 0.1) is 6.92 Å². The van der Waals surface area contributed by atoms with Crippen molar-refractivity contribution in [3.8, 4) is 0 Å². The monoisotopic (exact) mass is 320 g/mol. The second-order valence-corrected chi connectivity index (χ2v) is 12.6. The number of benzene rings is 1. The van der Waals surface area contributed by atoms with Gasteiger partial charge in [0.2, 0.25) is 5.82 Å². The van der Waals surface area contributed by atoms with Crippen molar-refractivity contribution in [1.82, 2.24) is 5.01 Å². The number of likely N-dealkylation sites (N-methyl/N-ethyl adjacent to an activating group) is 1. The fourth-order valence-corrected chi connectivity index (χ4v) is 5.63. The van der Waals surface area contributed by atoms with Gasteiger partial charge in [0.1, 0.15) is 0 Å². The van der Waals surface area contributed by atoms with Gasteiger partial charge in [0.25, 0.3) is 0 Å². The first-order chi connectivity index (χ1) is 9.55. The molecule has 2 rings (SSSR count). The lowest BCUT2D eigenvalue weighted by atomic mass is 10.2. The summed E-state index contributed by atoms with van der Waals surface area (Å²) in [6, 6.07) is 8.53. The van der Waals surface area contributed by atoms with Crippen molar-refractivity contribution in [2.24, 2.45) is 0 Å². The van der Waals surface area contributed by atoms with E-state index in [0.717, 1.165) is 10.7 Å². The summed E-state index contributed by atoms with van der Waals surface area (Å²) in [7, 11) is 4.90. The Hall–Kier alpha value is -1.17. The Kier molecular flexibility index (Phi) is 4.03. The van der Waals surface area contributed by atoms with E-state index < -0.39 is 8.07 Å². The minimum absolute atomic E-state index is 0.645. The third-order valence-electron chi connectivity index (χ3n) is 4.11. The third kappa shape index (κ3) is 2.91. The van der Waals surface area contributed by atoms with Gasteiger partial charge in [-0.25, -0.2) is 5.01 Å². The SMILES string of the molecule is Cc1ccc(NC2=C([Si](C)(C)C)C(=S)N(C)[N+]2(C)C)cc1. The second-order valence-electron chi connectivity index (χ2n) is 7.19. The molecule has 0 aliphatic carbocycles. The minimum Gasteiger partial charge on any atom is -0.309 e. The molecule has 1 aromatic carbocycles. The van der Waals surface area contributed by atoms with E-state index in [1.54, 1.807) is 0 Å². The van der Waals surface area contributed by atoms with Crippen LogP contribution in [0.2, 0.25) is 19.6 Å². The molecule has 21 heavy (non-hydrogen) atoms. The molecule has 1 aliphatic heterocycles. The summed E-state index contributed by atoms with van der Waals surface area (Å²) >= 11 is 5.72. The summed E-state index contributed by atoms with van der Waals surface area (Å²) in [5.41, 5.74) is 2.39. The zero-order valence-electron chi connectivity index (χ0n) is 14.1. The molecule has 0 atom stereocenters. The van der Waals surface area contributed by atoms with Crippen LogP contribution in [0.3, 0.4) is 0 Å². The number of thiocarbonyl (C=S) groups is 1. The van der Waals surface area contributed by atoms with Crippen LogP contribution < -0.4 is 5.32 Å². The van der Waals surface area contributed by atoms with Gasteiger partial charge >= 0.3 is 0 Å². The molecule has 0 aromatic heterocycles. The van der Waals surface area contributed by atoms with Crippen LogP contribution in [0.15, 0.2) is 35.3 Å². The second kappa shape index (κ2) is 5.23. The van der Waals surface area contributed by atoms with Crippen LogP contribution in [0.5, 0.6) is 0 Å². The highest BCUT2D eigenvalue weighted by molar-refractivity contribution is 7.81. The Morgan fingerprint density at radius 3 is 2.10 bits per heavy atom. The van der Waals surface area contributed by atoms with E-state index in [1.807, 2.05) is 0 Å². The fourth-order valence-electron chi connectivity index (χ4n) is 2.56. The van der Waals surface area contributed by atoms with Gasteiger partial charge in [0.05, 0.1) is 34.4 Å². The summed E-state index contributed by atoms with van der Waals surface area (Å²) in [6.45, 7) is 9.16. The Morgan fingerprint density at radius 1 is 1.10 bits per heavy atom. The maximum absolute atomic E-state index is 5.72. The van der Waals surface area contributed by atoms with Crippen LogP contribution in [0.4, 0.5) is 5.69 Å². The molecule has 1 aromatic rings. The molecule has 0 fully saturated rings. The quantitative estimate of drug-likeness (QED) is 0.518. The van der Waals surface area contributed by atoms with E-state index in [-0.39, 0.29) is 0 Å². The number of quaternary nitrogens is 1. The fraction of sp³-hybridized carbons (Fsp3) is 0.438. The molecule has 0 unspecified atom stereocenters. The van der Waals surface area contributed by atoms with Gasteiger partial charge in [-0.15, -0.1) is 0 Å². The van der Waals surface area contributed by atoms with E-state index in [0.29, 0.717) is 4.59 Å². The van der Waals surface area contributed by atoms with Crippen LogP contribution in [0.1, 0.15) is 5.56 Å².